The number of aryl methyl sites for hydroxylation is 1. The van der Waals surface area contributed by atoms with Crippen molar-refractivity contribution >= 4 is 17.6 Å². The van der Waals surface area contributed by atoms with E-state index in [1.807, 2.05) is 6.92 Å². The van der Waals surface area contributed by atoms with Crippen LogP contribution in [0.25, 0.3) is 0 Å². The first kappa shape index (κ1) is 12.7. The van der Waals surface area contributed by atoms with E-state index in [4.69, 9.17) is 4.74 Å². The van der Waals surface area contributed by atoms with Gasteiger partial charge in [0.25, 0.3) is 0 Å². The van der Waals surface area contributed by atoms with E-state index in [2.05, 4.69) is 5.32 Å². The number of benzene rings is 1. The molecule has 2 saturated carbocycles. The first-order chi connectivity index (χ1) is 10.0. The second-order valence-corrected chi connectivity index (χ2v) is 6.43. The van der Waals surface area contributed by atoms with Gasteiger partial charge >= 0.3 is 5.97 Å². The van der Waals surface area contributed by atoms with Gasteiger partial charge in [-0.1, -0.05) is 6.07 Å². The number of phenolic OH excluding ortho intramolecular Hbond substituents is 1. The molecule has 3 fully saturated rings. The number of carbonyl (C=O) groups excluding carboxylic acids is 2. The Morgan fingerprint density at radius 3 is 3.00 bits per heavy atom. The summed E-state index contributed by atoms with van der Waals surface area (Å²) < 4.78 is 5.34. The lowest BCUT2D eigenvalue weighted by Gasteiger charge is -2.23. The minimum Gasteiger partial charge on any atom is -0.506 e. The van der Waals surface area contributed by atoms with Crippen molar-refractivity contribution in [2.24, 2.45) is 23.7 Å². The van der Waals surface area contributed by atoms with Crippen LogP contribution in [0.2, 0.25) is 0 Å². The number of ether oxygens (including phenoxy) is 1. The normalized spacial score (nSPS) is 35.9. The Kier molecular flexibility index (Phi) is 2.55. The van der Waals surface area contributed by atoms with Crippen molar-refractivity contribution in [1.82, 2.24) is 0 Å². The topological polar surface area (TPSA) is 75.6 Å². The fraction of sp³-hybridized carbons (Fsp3) is 0.500. The van der Waals surface area contributed by atoms with Crippen molar-refractivity contribution in [2.75, 3.05) is 5.32 Å². The minimum atomic E-state index is -0.318. The molecule has 5 nitrogen and oxygen atoms in total. The lowest BCUT2D eigenvalue weighted by molar-refractivity contribution is -0.145. The molecule has 1 aromatic carbocycles. The quantitative estimate of drug-likeness (QED) is 0.643. The summed E-state index contributed by atoms with van der Waals surface area (Å²) in [5.74, 6) is -0.525. The van der Waals surface area contributed by atoms with E-state index in [0.717, 1.165) is 18.4 Å². The standard InChI is InChI=1S/C16H17NO4/c1-7-2-3-11(18)10(4-7)17-15(19)13-8-5-9-12(6-8)21-16(20)14(9)13/h2-4,8-9,12-14,18H,5-6H2,1H3,(H,17,19)/t8-,9+,12-,13-,14-/m1/s1. The molecule has 0 spiro atoms. The maximum atomic E-state index is 12.6. The number of hydrogen-bond acceptors (Lipinski definition) is 4. The Hall–Kier alpha value is -2.04. The van der Waals surface area contributed by atoms with Crippen LogP contribution >= 0.6 is 0 Å². The van der Waals surface area contributed by atoms with Crippen LogP contribution in [0.5, 0.6) is 5.75 Å². The lowest BCUT2D eigenvalue weighted by atomic mass is 9.79. The highest BCUT2D eigenvalue weighted by atomic mass is 16.6. The molecule has 1 amide bonds. The van der Waals surface area contributed by atoms with Crippen LogP contribution in [-0.4, -0.2) is 23.1 Å². The molecule has 1 saturated heterocycles. The number of rotatable bonds is 2. The van der Waals surface area contributed by atoms with Crippen molar-refractivity contribution in [3.63, 3.8) is 0 Å². The number of phenols is 1. The van der Waals surface area contributed by atoms with Gasteiger partial charge in [0.05, 0.1) is 17.5 Å². The zero-order valence-electron chi connectivity index (χ0n) is 11.7. The molecule has 2 bridgehead atoms. The molecule has 5 heteroatoms. The molecule has 0 radical (unpaired) electrons. The van der Waals surface area contributed by atoms with Crippen LogP contribution < -0.4 is 5.32 Å². The van der Waals surface area contributed by atoms with Gasteiger partial charge in [0.1, 0.15) is 11.9 Å². The predicted octanol–water partition coefficient (Wildman–Crippen LogP) is 1.84. The number of aromatic hydroxyl groups is 1. The van der Waals surface area contributed by atoms with Crippen LogP contribution in [0, 0.1) is 30.6 Å². The highest BCUT2D eigenvalue weighted by Crippen LogP contribution is 2.57. The largest absolute Gasteiger partial charge is 0.506 e. The second-order valence-electron chi connectivity index (χ2n) is 6.43. The molecule has 21 heavy (non-hydrogen) atoms. The number of fused-ring (bicyclic) bond motifs is 1. The lowest BCUT2D eigenvalue weighted by Crippen LogP contribution is -2.35. The smallest absolute Gasteiger partial charge is 0.310 e. The molecule has 5 atom stereocenters. The summed E-state index contributed by atoms with van der Waals surface area (Å²) in [4.78, 5) is 24.5. The molecule has 2 N–H and O–H groups in total. The fourth-order valence-electron chi connectivity index (χ4n) is 4.33. The maximum absolute atomic E-state index is 12.6. The van der Waals surface area contributed by atoms with Crippen LogP contribution in [0.1, 0.15) is 18.4 Å². The van der Waals surface area contributed by atoms with Crippen LogP contribution in [0.15, 0.2) is 18.2 Å². The molecule has 110 valence electrons. The third kappa shape index (κ3) is 1.76. The van der Waals surface area contributed by atoms with Gasteiger partial charge in [-0.05, 0) is 43.4 Å². The molecule has 3 aliphatic rings. The van der Waals surface area contributed by atoms with Gasteiger partial charge < -0.3 is 15.2 Å². The molecule has 1 heterocycles. The predicted molar refractivity (Wildman–Crippen MR) is 74.5 cm³/mol. The zero-order valence-corrected chi connectivity index (χ0v) is 11.7. The fourth-order valence-corrected chi connectivity index (χ4v) is 4.33. The van der Waals surface area contributed by atoms with E-state index in [9.17, 15) is 14.7 Å². The summed E-state index contributed by atoms with van der Waals surface area (Å²) >= 11 is 0. The average molecular weight is 287 g/mol. The van der Waals surface area contributed by atoms with E-state index < -0.39 is 0 Å². The Morgan fingerprint density at radius 2 is 2.19 bits per heavy atom. The zero-order chi connectivity index (χ0) is 14.7. The van der Waals surface area contributed by atoms with Crippen molar-refractivity contribution in [3.8, 4) is 5.75 Å². The van der Waals surface area contributed by atoms with E-state index in [1.54, 1.807) is 18.2 Å². The van der Waals surface area contributed by atoms with Gasteiger partial charge in [0, 0.05) is 5.92 Å². The number of anilines is 1. The van der Waals surface area contributed by atoms with Gasteiger partial charge in [-0.15, -0.1) is 0 Å². The number of hydrogen-bond donors (Lipinski definition) is 2. The van der Waals surface area contributed by atoms with Gasteiger partial charge in [0.2, 0.25) is 5.91 Å². The third-order valence-corrected chi connectivity index (χ3v) is 5.20. The van der Waals surface area contributed by atoms with E-state index in [1.165, 1.54) is 0 Å². The van der Waals surface area contributed by atoms with E-state index >= 15 is 0 Å². The van der Waals surface area contributed by atoms with Gasteiger partial charge in [-0.25, -0.2) is 0 Å². The summed E-state index contributed by atoms with van der Waals surface area (Å²) in [7, 11) is 0. The van der Waals surface area contributed by atoms with Crippen LogP contribution in [0.3, 0.4) is 0 Å². The number of amides is 1. The van der Waals surface area contributed by atoms with Gasteiger partial charge in [-0.3, -0.25) is 9.59 Å². The van der Waals surface area contributed by atoms with Crippen LogP contribution in [-0.2, 0) is 14.3 Å². The molecular formula is C16H17NO4. The SMILES string of the molecule is Cc1ccc(O)c(NC(=O)[C@@H]2[C@@H]3C[C@@H]4[C@H]2C(=O)O[C@@H]4C3)c1. The molecule has 1 aromatic rings. The number of esters is 1. The van der Waals surface area contributed by atoms with Crippen molar-refractivity contribution in [3.05, 3.63) is 23.8 Å². The van der Waals surface area contributed by atoms with Crippen molar-refractivity contribution in [2.45, 2.75) is 25.9 Å². The Balaban J connectivity index is 1.58. The second kappa shape index (κ2) is 4.23. The summed E-state index contributed by atoms with van der Waals surface area (Å²) in [6, 6.07) is 5.07. The Labute approximate surface area is 122 Å². The molecule has 1 aliphatic heterocycles. The van der Waals surface area contributed by atoms with Gasteiger partial charge in [0.15, 0.2) is 0 Å². The summed E-state index contributed by atoms with van der Waals surface area (Å²) in [6.07, 6.45) is 1.73. The number of carbonyl (C=O) groups is 2. The first-order valence-corrected chi connectivity index (χ1v) is 7.35. The Morgan fingerprint density at radius 1 is 1.38 bits per heavy atom. The highest BCUT2D eigenvalue weighted by molar-refractivity contribution is 5.97. The van der Waals surface area contributed by atoms with E-state index in [-0.39, 0.29) is 47.4 Å². The monoisotopic (exact) mass is 287 g/mol. The van der Waals surface area contributed by atoms with Crippen LogP contribution in [0.4, 0.5) is 5.69 Å². The minimum absolute atomic E-state index is 0.0314. The highest BCUT2D eigenvalue weighted by Gasteiger charge is 2.63. The molecule has 2 aliphatic carbocycles. The maximum Gasteiger partial charge on any atom is 0.310 e. The molecule has 4 rings (SSSR count). The summed E-state index contributed by atoms with van der Waals surface area (Å²) in [5.41, 5.74) is 1.36. The molecular weight excluding hydrogens is 270 g/mol. The summed E-state index contributed by atoms with van der Waals surface area (Å²) in [5, 5.41) is 12.6. The van der Waals surface area contributed by atoms with E-state index in [0.29, 0.717) is 5.69 Å². The van der Waals surface area contributed by atoms with Crippen molar-refractivity contribution < 1.29 is 19.4 Å². The Bertz CT molecular complexity index is 639. The molecule has 0 aromatic heterocycles. The number of nitrogens with one attached hydrogen (secondary N) is 1. The van der Waals surface area contributed by atoms with Crippen molar-refractivity contribution in [1.29, 1.82) is 0 Å². The average Bonchev–Trinajstić information content (AvgIpc) is 3.03. The molecule has 0 unspecified atom stereocenters. The first-order valence-electron chi connectivity index (χ1n) is 7.35. The summed E-state index contributed by atoms with van der Waals surface area (Å²) in [6.45, 7) is 1.89. The third-order valence-electron chi connectivity index (χ3n) is 5.20. The van der Waals surface area contributed by atoms with Gasteiger partial charge in [-0.2, -0.15) is 0 Å².